The highest BCUT2D eigenvalue weighted by atomic mass is 35.5. The van der Waals surface area contributed by atoms with Crippen LogP contribution in [-0.2, 0) is 0 Å². The van der Waals surface area contributed by atoms with Gasteiger partial charge >= 0.3 is 0 Å². The molecule has 0 radical (unpaired) electrons. The van der Waals surface area contributed by atoms with Crippen molar-refractivity contribution in [3.63, 3.8) is 0 Å². The molecule has 6 heteroatoms. The molecule has 3 nitrogen and oxygen atoms in total. The number of likely N-dealkylation sites (N-methyl/N-ethyl adjacent to an activating group) is 1. The van der Waals surface area contributed by atoms with E-state index in [1.807, 2.05) is 44.1 Å². The summed E-state index contributed by atoms with van der Waals surface area (Å²) >= 11 is 6.31. The van der Waals surface area contributed by atoms with Gasteiger partial charge in [-0.2, -0.15) is 0 Å². The Hall–Kier alpha value is -1.88. The van der Waals surface area contributed by atoms with Gasteiger partial charge in [0.2, 0.25) is 5.92 Å². The maximum absolute atomic E-state index is 13.3. The molecule has 27 heavy (non-hydrogen) atoms. The van der Waals surface area contributed by atoms with Crippen molar-refractivity contribution >= 4 is 23.6 Å². The second kappa shape index (κ2) is 8.87. The van der Waals surface area contributed by atoms with Gasteiger partial charge in [0.25, 0.3) is 5.91 Å². The summed E-state index contributed by atoms with van der Waals surface area (Å²) in [5, 5.41) is 3.24. The van der Waals surface area contributed by atoms with Crippen LogP contribution in [0.15, 0.2) is 30.5 Å². The number of nitrogens with one attached hydrogen (secondary N) is 1. The minimum atomic E-state index is -2.56. The lowest BCUT2D eigenvalue weighted by atomic mass is 9.86. The van der Waals surface area contributed by atoms with Crippen LogP contribution in [0.1, 0.15) is 47.2 Å². The minimum absolute atomic E-state index is 0.0738. The number of aryl methyl sites for hydroxylation is 1. The fourth-order valence-corrected chi connectivity index (χ4v) is 3.35. The maximum Gasteiger partial charge on any atom is 0.253 e. The first-order chi connectivity index (χ1) is 12.6. The lowest BCUT2D eigenvalue weighted by Crippen LogP contribution is -2.34. The summed E-state index contributed by atoms with van der Waals surface area (Å²) in [6, 6.07) is 3.56. The fraction of sp³-hybridized carbons (Fsp3) is 0.476. The van der Waals surface area contributed by atoms with Crippen LogP contribution in [0.4, 0.5) is 8.78 Å². The molecule has 0 aromatic heterocycles. The highest BCUT2D eigenvalue weighted by molar-refractivity contribution is 6.34. The van der Waals surface area contributed by atoms with Crippen LogP contribution in [-0.4, -0.2) is 37.4 Å². The van der Waals surface area contributed by atoms with Crippen molar-refractivity contribution in [2.24, 2.45) is 5.92 Å². The predicted molar refractivity (Wildman–Crippen MR) is 107 cm³/mol. The van der Waals surface area contributed by atoms with Crippen molar-refractivity contribution in [1.29, 1.82) is 0 Å². The van der Waals surface area contributed by atoms with E-state index in [9.17, 15) is 13.6 Å². The summed E-state index contributed by atoms with van der Waals surface area (Å²) in [5.41, 5.74) is 2.85. The molecule has 1 aliphatic rings. The lowest BCUT2D eigenvalue weighted by molar-refractivity contribution is -0.0452. The number of allylic oxidation sites excluding steroid dienone is 1. The lowest BCUT2D eigenvalue weighted by Gasteiger charge is -2.28. The molecular formula is C21H27ClF2N2O. The van der Waals surface area contributed by atoms with Gasteiger partial charge in [0.1, 0.15) is 0 Å². The average Bonchev–Trinajstić information content (AvgIpc) is 2.60. The van der Waals surface area contributed by atoms with E-state index < -0.39 is 5.92 Å². The number of carbonyl (C=O) groups is 1. The number of carbonyl (C=O) groups excluding carboxylic acids is 1. The first kappa shape index (κ1) is 21.4. The molecular weight excluding hydrogens is 370 g/mol. The second-order valence-electron chi connectivity index (χ2n) is 7.38. The van der Waals surface area contributed by atoms with Gasteiger partial charge in [0.05, 0.1) is 10.6 Å². The normalized spacial score (nSPS) is 17.1. The van der Waals surface area contributed by atoms with E-state index in [0.717, 1.165) is 16.8 Å². The Morgan fingerprint density at radius 2 is 2.00 bits per heavy atom. The molecule has 0 saturated heterocycles. The van der Waals surface area contributed by atoms with E-state index in [2.05, 4.69) is 11.9 Å². The van der Waals surface area contributed by atoms with Gasteiger partial charge in [-0.05, 0) is 49.0 Å². The van der Waals surface area contributed by atoms with Crippen LogP contribution in [0.25, 0.3) is 6.08 Å². The molecule has 0 spiro atoms. The molecule has 0 unspecified atom stereocenters. The number of nitrogens with zero attached hydrogens (tertiary/aromatic N) is 1. The Kier molecular flexibility index (Phi) is 7.04. The predicted octanol–water partition coefficient (Wildman–Crippen LogP) is 5.29. The molecule has 1 aliphatic carbocycles. The van der Waals surface area contributed by atoms with Crippen LogP contribution < -0.4 is 5.32 Å². The van der Waals surface area contributed by atoms with Gasteiger partial charge in [0.15, 0.2) is 0 Å². The van der Waals surface area contributed by atoms with Crippen LogP contribution >= 0.6 is 11.6 Å². The Labute approximate surface area is 165 Å². The molecule has 1 fully saturated rings. The summed E-state index contributed by atoms with van der Waals surface area (Å²) in [6.45, 7) is 6.24. The number of alkyl halides is 2. The van der Waals surface area contributed by atoms with Crippen molar-refractivity contribution in [1.82, 2.24) is 10.2 Å². The number of hydrogen-bond donors (Lipinski definition) is 1. The molecule has 2 rings (SSSR count). The van der Waals surface area contributed by atoms with E-state index in [-0.39, 0.29) is 24.7 Å². The largest absolute Gasteiger partial charge is 0.378 e. The zero-order chi connectivity index (χ0) is 20.2. The minimum Gasteiger partial charge on any atom is -0.378 e. The van der Waals surface area contributed by atoms with Gasteiger partial charge in [-0.15, -0.1) is 0 Å². The molecule has 1 aromatic rings. The van der Waals surface area contributed by atoms with Gasteiger partial charge in [0, 0.05) is 39.2 Å². The quantitative estimate of drug-likeness (QED) is 0.662. The van der Waals surface area contributed by atoms with Crippen molar-refractivity contribution in [3.05, 3.63) is 52.2 Å². The smallest absolute Gasteiger partial charge is 0.253 e. The Morgan fingerprint density at radius 1 is 1.37 bits per heavy atom. The number of rotatable bonds is 6. The van der Waals surface area contributed by atoms with Gasteiger partial charge < -0.3 is 10.2 Å². The molecule has 1 aromatic carbocycles. The van der Waals surface area contributed by atoms with Gasteiger partial charge in [-0.1, -0.05) is 30.3 Å². The molecule has 148 valence electrons. The zero-order valence-corrected chi connectivity index (χ0v) is 16.9. The van der Waals surface area contributed by atoms with E-state index in [1.165, 1.54) is 0 Å². The summed E-state index contributed by atoms with van der Waals surface area (Å²) in [5.74, 6) is -2.77. The number of benzene rings is 1. The standard InChI is InChI=1S/C21H27ClF2N2O/c1-14-5-8-18(22)19(17(14)7-6-15(2)26(3)4)20(27)25-13-16-9-11-21(23,24)12-10-16/h5-8,16H,2,9-13H2,1,3-4H3,(H,25,27)/b7-6-. The third kappa shape index (κ3) is 5.80. The molecule has 0 bridgehead atoms. The highest BCUT2D eigenvalue weighted by Gasteiger charge is 2.34. The van der Waals surface area contributed by atoms with E-state index >= 15 is 0 Å². The average molecular weight is 397 g/mol. The highest BCUT2D eigenvalue weighted by Crippen LogP contribution is 2.36. The third-order valence-corrected chi connectivity index (χ3v) is 5.36. The van der Waals surface area contributed by atoms with E-state index in [1.54, 1.807) is 6.07 Å². The summed E-state index contributed by atoms with van der Waals surface area (Å²) < 4.78 is 26.6. The molecule has 0 atom stereocenters. The third-order valence-electron chi connectivity index (χ3n) is 5.04. The molecule has 0 aliphatic heterocycles. The molecule has 1 saturated carbocycles. The zero-order valence-electron chi connectivity index (χ0n) is 16.1. The SMILES string of the molecule is C=C(/C=C\c1c(C)ccc(Cl)c1C(=O)NCC1CCC(F)(F)CC1)N(C)C. The van der Waals surface area contributed by atoms with Crippen LogP contribution in [0.2, 0.25) is 5.02 Å². The molecule has 0 heterocycles. The van der Waals surface area contributed by atoms with Crippen LogP contribution in [0.5, 0.6) is 0 Å². The van der Waals surface area contributed by atoms with Crippen molar-refractivity contribution < 1.29 is 13.6 Å². The monoisotopic (exact) mass is 396 g/mol. The number of amides is 1. The van der Waals surface area contributed by atoms with E-state index in [4.69, 9.17) is 11.6 Å². The summed E-state index contributed by atoms with van der Waals surface area (Å²) in [6.07, 6.45) is 4.28. The Morgan fingerprint density at radius 3 is 2.59 bits per heavy atom. The Balaban J connectivity index is 2.13. The second-order valence-corrected chi connectivity index (χ2v) is 7.79. The Bertz CT molecular complexity index is 734. The first-order valence-electron chi connectivity index (χ1n) is 9.10. The number of hydrogen-bond acceptors (Lipinski definition) is 2. The first-order valence-corrected chi connectivity index (χ1v) is 9.48. The van der Waals surface area contributed by atoms with Gasteiger partial charge in [-0.25, -0.2) is 8.78 Å². The van der Waals surface area contributed by atoms with Crippen LogP contribution in [0, 0.1) is 12.8 Å². The fourth-order valence-electron chi connectivity index (χ4n) is 3.10. The molecule has 1 amide bonds. The van der Waals surface area contributed by atoms with Gasteiger partial charge in [-0.3, -0.25) is 4.79 Å². The summed E-state index contributed by atoms with van der Waals surface area (Å²) in [4.78, 5) is 14.6. The van der Waals surface area contributed by atoms with Crippen molar-refractivity contribution in [2.75, 3.05) is 20.6 Å². The van der Waals surface area contributed by atoms with Crippen molar-refractivity contribution in [3.8, 4) is 0 Å². The summed E-state index contributed by atoms with van der Waals surface area (Å²) in [7, 11) is 3.78. The van der Waals surface area contributed by atoms with Crippen molar-refractivity contribution in [2.45, 2.75) is 38.5 Å². The number of halogens is 3. The molecule has 1 N–H and O–H groups in total. The topological polar surface area (TPSA) is 32.3 Å². The maximum atomic E-state index is 13.3. The van der Waals surface area contributed by atoms with E-state index in [0.29, 0.717) is 30.0 Å². The van der Waals surface area contributed by atoms with Crippen LogP contribution in [0.3, 0.4) is 0 Å².